The standard InChI is InChI=1S/C22H19Cl2N3O4S2/c1-14-3-7-17(8-4-14)33(28,29)31-20-10-5-15(11-21(20)30-2)13-25-27-22(32)26-19-12-16(23)6-9-18(19)24/h3-13H,1-2H3,(H2,26,27,32)/b25-13+. The van der Waals surface area contributed by atoms with Crippen molar-refractivity contribution in [3.05, 3.63) is 81.8 Å². The fourth-order valence-corrected chi connectivity index (χ4v) is 4.05. The third-order valence-electron chi connectivity index (χ3n) is 4.25. The van der Waals surface area contributed by atoms with Crippen molar-refractivity contribution in [3.63, 3.8) is 0 Å². The molecule has 33 heavy (non-hydrogen) atoms. The molecule has 0 aliphatic heterocycles. The lowest BCUT2D eigenvalue weighted by atomic mass is 10.2. The van der Waals surface area contributed by atoms with Crippen LogP contribution in [0.2, 0.25) is 10.0 Å². The number of methoxy groups -OCH3 is 1. The quantitative estimate of drug-likeness (QED) is 0.185. The van der Waals surface area contributed by atoms with E-state index in [0.29, 0.717) is 21.3 Å². The predicted octanol–water partition coefficient (Wildman–Crippen LogP) is 5.40. The van der Waals surface area contributed by atoms with E-state index in [4.69, 9.17) is 44.3 Å². The van der Waals surface area contributed by atoms with Crippen LogP contribution in [0.1, 0.15) is 11.1 Å². The molecule has 0 amide bonds. The number of hydrogen-bond donors (Lipinski definition) is 2. The summed E-state index contributed by atoms with van der Waals surface area (Å²) < 4.78 is 35.7. The summed E-state index contributed by atoms with van der Waals surface area (Å²) in [5.74, 6) is 0.275. The SMILES string of the molecule is COc1cc(/C=N/NC(=S)Nc2cc(Cl)ccc2Cl)ccc1OS(=O)(=O)c1ccc(C)cc1. The van der Waals surface area contributed by atoms with Crippen molar-refractivity contribution in [2.45, 2.75) is 11.8 Å². The molecular formula is C22H19Cl2N3O4S2. The number of rotatable bonds is 7. The van der Waals surface area contributed by atoms with Gasteiger partial charge in [0.15, 0.2) is 16.6 Å². The van der Waals surface area contributed by atoms with Crippen LogP contribution < -0.4 is 19.7 Å². The molecule has 7 nitrogen and oxygen atoms in total. The van der Waals surface area contributed by atoms with Gasteiger partial charge in [-0.05, 0) is 73.2 Å². The first-order valence-electron chi connectivity index (χ1n) is 9.42. The highest BCUT2D eigenvalue weighted by Crippen LogP contribution is 2.30. The molecule has 0 saturated carbocycles. The number of thiocarbonyl (C=S) groups is 1. The Hall–Kier alpha value is -2.85. The number of nitrogens with one attached hydrogen (secondary N) is 2. The van der Waals surface area contributed by atoms with Crippen LogP contribution in [0.15, 0.2) is 70.7 Å². The van der Waals surface area contributed by atoms with E-state index in [1.54, 1.807) is 42.5 Å². The summed E-state index contributed by atoms with van der Waals surface area (Å²) in [7, 11) is -2.60. The summed E-state index contributed by atoms with van der Waals surface area (Å²) >= 11 is 17.2. The Morgan fingerprint density at radius 2 is 1.76 bits per heavy atom. The van der Waals surface area contributed by atoms with Gasteiger partial charge in [-0.3, -0.25) is 5.43 Å². The molecule has 11 heteroatoms. The molecule has 0 bridgehead atoms. The lowest BCUT2D eigenvalue weighted by Gasteiger charge is -2.11. The maximum Gasteiger partial charge on any atom is 0.339 e. The predicted molar refractivity (Wildman–Crippen MR) is 135 cm³/mol. The summed E-state index contributed by atoms with van der Waals surface area (Å²) in [4.78, 5) is 0.0470. The lowest BCUT2D eigenvalue weighted by Crippen LogP contribution is -2.24. The van der Waals surface area contributed by atoms with Crippen LogP contribution in [0.3, 0.4) is 0 Å². The molecule has 0 unspecified atom stereocenters. The Morgan fingerprint density at radius 1 is 1.03 bits per heavy atom. The Labute approximate surface area is 207 Å². The molecule has 0 aliphatic carbocycles. The van der Waals surface area contributed by atoms with Crippen LogP contribution in [0.4, 0.5) is 5.69 Å². The zero-order valence-electron chi connectivity index (χ0n) is 17.5. The second-order valence-corrected chi connectivity index (χ2v) is 9.51. The van der Waals surface area contributed by atoms with Gasteiger partial charge in [0, 0.05) is 5.02 Å². The highest BCUT2D eigenvalue weighted by molar-refractivity contribution is 7.87. The molecule has 0 atom stereocenters. The fraction of sp³-hybridized carbons (Fsp3) is 0.0909. The van der Waals surface area contributed by atoms with Crippen molar-refractivity contribution in [2.75, 3.05) is 12.4 Å². The monoisotopic (exact) mass is 523 g/mol. The number of benzene rings is 3. The lowest BCUT2D eigenvalue weighted by molar-refractivity contribution is 0.390. The first-order chi connectivity index (χ1) is 15.7. The third kappa shape index (κ3) is 6.82. The van der Waals surface area contributed by atoms with Gasteiger partial charge in [-0.2, -0.15) is 13.5 Å². The zero-order valence-corrected chi connectivity index (χ0v) is 20.6. The van der Waals surface area contributed by atoms with Crippen molar-refractivity contribution in [2.24, 2.45) is 5.10 Å². The Morgan fingerprint density at radius 3 is 2.45 bits per heavy atom. The summed E-state index contributed by atoms with van der Waals surface area (Å²) in [6.07, 6.45) is 1.48. The van der Waals surface area contributed by atoms with Crippen molar-refractivity contribution >= 4 is 62.6 Å². The van der Waals surface area contributed by atoms with Crippen LogP contribution >= 0.6 is 35.4 Å². The van der Waals surface area contributed by atoms with Crippen LogP contribution in [0.5, 0.6) is 11.5 Å². The minimum absolute atomic E-state index is 0.0470. The normalized spacial score (nSPS) is 11.3. The van der Waals surface area contributed by atoms with Gasteiger partial charge in [0.2, 0.25) is 0 Å². The fourth-order valence-electron chi connectivity index (χ4n) is 2.61. The third-order valence-corrected chi connectivity index (χ3v) is 6.26. The number of aryl methyl sites for hydroxylation is 1. The topological polar surface area (TPSA) is 89.0 Å². The van der Waals surface area contributed by atoms with Gasteiger partial charge in [0.25, 0.3) is 0 Å². The summed E-state index contributed by atoms with van der Waals surface area (Å²) in [6.45, 7) is 1.87. The Balaban J connectivity index is 1.67. The molecule has 0 fully saturated rings. The van der Waals surface area contributed by atoms with Crippen LogP contribution in [-0.2, 0) is 10.1 Å². The first-order valence-corrected chi connectivity index (χ1v) is 12.0. The van der Waals surface area contributed by atoms with E-state index in [1.807, 2.05) is 6.92 Å². The minimum Gasteiger partial charge on any atom is -0.493 e. The van der Waals surface area contributed by atoms with Gasteiger partial charge >= 0.3 is 10.1 Å². The van der Waals surface area contributed by atoms with E-state index in [1.165, 1.54) is 31.5 Å². The van der Waals surface area contributed by atoms with E-state index in [2.05, 4.69) is 15.8 Å². The zero-order chi connectivity index (χ0) is 24.0. The number of hydrazone groups is 1. The molecule has 3 aromatic carbocycles. The molecule has 0 radical (unpaired) electrons. The number of halogens is 2. The van der Waals surface area contributed by atoms with Gasteiger partial charge in [-0.25, -0.2) is 0 Å². The first kappa shape index (κ1) is 24.8. The maximum absolute atomic E-state index is 12.6. The minimum atomic E-state index is -4.01. The number of hydrogen-bond acceptors (Lipinski definition) is 6. The van der Waals surface area contributed by atoms with Gasteiger partial charge in [0.05, 0.1) is 24.0 Å². The molecular weight excluding hydrogens is 505 g/mol. The van der Waals surface area contributed by atoms with Gasteiger partial charge in [0.1, 0.15) is 4.90 Å². The molecule has 0 spiro atoms. The average molecular weight is 524 g/mol. The maximum atomic E-state index is 12.6. The second kappa shape index (κ2) is 10.8. The summed E-state index contributed by atoms with van der Waals surface area (Å²) in [5.41, 5.74) is 4.75. The highest BCUT2D eigenvalue weighted by atomic mass is 35.5. The van der Waals surface area contributed by atoms with E-state index < -0.39 is 10.1 Å². The summed E-state index contributed by atoms with van der Waals surface area (Å²) in [6, 6.07) is 16.0. The van der Waals surface area contributed by atoms with E-state index in [0.717, 1.165) is 5.56 Å². The van der Waals surface area contributed by atoms with Crippen molar-refractivity contribution in [1.29, 1.82) is 0 Å². The van der Waals surface area contributed by atoms with Crippen LogP contribution in [-0.4, -0.2) is 26.9 Å². The molecule has 3 aromatic rings. The molecule has 0 heterocycles. The van der Waals surface area contributed by atoms with E-state index in [9.17, 15) is 8.42 Å². The largest absolute Gasteiger partial charge is 0.493 e. The van der Waals surface area contributed by atoms with Gasteiger partial charge in [-0.15, -0.1) is 0 Å². The number of ether oxygens (including phenoxy) is 1. The molecule has 2 N–H and O–H groups in total. The molecule has 0 aromatic heterocycles. The van der Waals surface area contributed by atoms with Crippen molar-refractivity contribution < 1.29 is 17.3 Å². The number of nitrogens with zero attached hydrogens (tertiary/aromatic N) is 1. The Bertz CT molecular complexity index is 1300. The molecule has 0 aliphatic rings. The average Bonchev–Trinajstić information content (AvgIpc) is 2.77. The number of anilines is 1. The van der Waals surface area contributed by atoms with E-state index in [-0.39, 0.29) is 21.5 Å². The highest BCUT2D eigenvalue weighted by Gasteiger charge is 2.19. The van der Waals surface area contributed by atoms with Crippen LogP contribution in [0, 0.1) is 6.92 Å². The Kier molecular flexibility index (Phi) is 8.15. The smallest absolute Gasteiger partial charge is 0.339 e. The van der Waals surface area contributed by atoms with Gasteiger partial charge < -0.3 is 14.2 Å². The van der Waals surface area contributed by atoms with E-state index >= 15 is 0 Å². The van der Waals surface area contributed by atoms with Gasteiger partial charge in [-0.1, -0.05) is 40.9 Å². The summed E-state index contributed by atoms with van der Waals surface area (Å²) in [5, 5.41) is 8.11. The second-order valence-electron chi connectivity index (χ2n) is 6.71. The van der Waals surface area contributed by atoms with Crippen molar-refractivity contribution in [1.82, 2.24) is 5.43 Å². The molecule has 172 valence electrons. The van der Waals surface area contributed by atoms with Crippen LogP contribution in [0.25, 0.3) is 0 Å². The van der Waals surface area contributed by atoms with Crippen molar-refractivity contribution in [3.8, 4) is 11.5 Å². The molecule has 3 rings (SSSR count). The molecule has 0 saturated heterocycles.